The van der Waals surface area contributed by atoms with E-state index >= 15 is 0 Å². The maximum Gasteiger partial charge on any atom is 0.346 e. The summed E-state index contributed by atoms with van der Waals surface area (Å²) in [5, 5.41) is 21.5. The monoisotopic (exact) mass is 1150 g/mol. The van der Waals surface area contributed by atoms with E-state index < -0.39 is 5.97 Å². The Morgan fingerprint density at radius 2 is 1.33 bits per heavy atom. The smallest absolute Gasteiger partial charge is 0.346 e. The van der Waals surface area contributed by atoms with E-state index in [-0.39, 0.29) is 11.6 Å². The molecule has 406 valence electrons. The number of allylic oxidation sites excluding steroid dienone is 3. The standard InChI is InChI=1S/C71H65N3O2S5/c1-4-6-8-12-22-51-41-64(68-52(23-13-9-7-5-2)40-62(79-68)63-44-66-70(80-63)69-65(78-66)43-61(77-69)39-54(45-72)71(75)76)81-67(51)53-37-59(73(55-24-14-10-15-25-55)57-32-30-47-20-18-19-21-48(47)35-57)42-60(38-53)74(56-26-16-11-17-27-56)58-33-31-49-34-46(3)28-29-50(49)36-58/h10-11,14-21,24-26,28-33,35-44,46,56H,4-9,12-13,22-23,27,34H2,1-3H3,(H,75,76)/b54-39-. The number of nitrogens with zero attached hydrogens (tertiary/aromatic N) is 3. The number of carboxylic acid groups (broad SMARTS) is 1. The van der Waals surface area contributed by atoms with E-state index in [0.29, 0.717) is 5.92 Å². The number of aliphatic carboxylic acids is 1. The molecule has 0 spiro atoms. The number of fused-ring (bicyclic) bond motifs is 5. The first kappa shape index (κ1) is 54.5. The van der Waals surface area contributed by atoms with E-state index in [4.69, 9.17) is 0 Å². The average molecular weight is 1150 g/mol. The van der Waals surface area contributed by atoms with E-state index in [2.05, 4.69) is 194 Å². The highest BCUT2D eigenvalue weighted by atomic mass is 32.1. The minimum atomic E-state index is -1.20. The number of unbranched alkanes of at least 4 members (excludes halogenated alkanes) is 6. The zero-order valence-corrected chi connectivity index (χ0v) is 50.2. The zero-order valence-electron chi connectivity index (χ0n) is 46.1. The molecule has 0 fully saturated rings. The number of benzene rings is 5. The fraction of sp³-hybridized carbons (Fsp3) is 0.239. The Morgan fingerprint density at radius 3 is 2.10 bits per heavy atom. The van der Waals surface area contributed by atoms with Gasteiger partial charge in [0.25, 0.3) is 0 Å². The zero-order chi connectivity index (χ0) is 55.4. The quantitative estimate of drug-likeness (QED) is 0.0441. The molecule has 2 aliphatic rings. The fourth-order valence-electron chi connectivity index (χ4n) is 11.6. The van der Waals surface area contributed by atoms with Crippen molar-refractivity contribution in [3.8, 4) is 36.0 Å². The summed E-state index contributed by atoms with van der Waals surface area (Å²) >= 11 is 9.07. The van der Waals surface area contributed by atoms with Crippen LogP contribution in [0.1, 0.15) is 106 Å². The van der Waals surface area contributed by atoms with E-state index in [9.17, 15) is 15.2 Å². The summed E-state index contributed by atoms with van der Waals surface area (Å²) in [6, 6.07) is 52.5. The van der Waals surface area contributed by atoms with Crippen LogP contribution in [0.15, 0.2) is 169 Å². The van der Waals surface area contributed by atoms with Gasteiger partial charge in [-0.25, -0.2) is 4.79 Å². The molecule has 0 saturated carbocycles. The van der Waals surface area contributed by atoms with Crippen molar-refractivity contribution in [1.82, 2.24) is 0 Å². The number of carbonyl (C=O) groups is 1. The lowest BCUT2D eigenvalue weighted by molar-refractivity contribution is -0.132. The number of anilines is 5. The van der Waals surface area contributed by atoms with Gasteiger partial charge in [0.15, 0.2) is 0 Å². The van der Waals surface area contributed by atoms with Gasteiger partial charge in [-0.15, -0.1) is 56.7 Å². The first-order chi connectivity index (χ1) is 39.7. The van der Waals surface area contributed by atoms with E-state index in [1.807, 2.05) is 46.1 Å². The van der Waals surface area contributed by atoms with Gasteiger partial charge in [-0.3, -0.25) is 0 Å². The van der Waals surface area contributed by atoms with Crippen molar-refractivity contribution in [2.75, 3.05) is 9.80 Å². The lowest BCUT2D eigenvalue weighted by Gasteiger charge is -2.35. The molecular formula is C71H65N3O2S5. The minimum Gasteiger partial charge on any atom is -0.477 e. The molecule has 0 radical (unpaired) electrons. The SMILES string of the molecule is CCCCCCc1cc(-c2sc(-c3cc4sc5cc(/C=C(/C#N)C(=O)O)sc5c4s3)cc2CCCCCC)sc1-c1cc(N(c2ccccc2)c2ccc3ccccc3c2)cc(N(c2ccc3c(c2)C=CC(C)C3)C2C=CC=CC2)c1. The second-order valence-electron chi connectivity index (χ2n) is 21.6. The Balaban J connectivity index is 1.03. The van der Waals surface area contributed by atoms with Gasteiger partial charge in [0, 0.05) is 67.1 Å². The van der Waals surface area contributed by atoms with Crippen LogP contribution in [0.4, 0.5) is 28.4 Å². The molecule has 2 unspecified atom stereocenters. The molecule has 5 aromatic carbocycles. The van der Waals surface area contributed by atoms with Gasteiger partial charge < -0.3 is 14.9 Å². The van der Waals surface area contributed by atoms with Crippen LogP contribution in [0.3, 0.4) is 0 Å². The molecule has 5 aromatic heterocycles. The number of aryl methyl sites for hydroxylation is 2. The highest BCUT2D eigenvalue weighted by Gasteiger charge is 2.27. The molecule has 2 atom stereocenters. The second-order valence-corrected chi connectivity index (χ2v) is 26.9. The van der Waals surface area contributed by atoms with Crippen LogP contribution in [0, 0.1) is 17.2 Å². The Hall–Kier alpha value is -7.10. The van der Waals surface area contributed by atoms with Crippen LogP contribution in [0.25, 0.3) is 71.7 Å². The fourth-order valence-corrected chi connectivity index (χ4v) is 18.2. The van der Waals surface area contributed by atoms with Gasteiger partial charge >= 0.3 is 5.97 Å². The molecule has 0 bridgehead atoms. The third-order valence-corrected chi connectivity index (χ3v) is 22.2. The summed E-state index contributed by atoms with van der Waals surface area (Å²) in [5.74, 6) is -0.680. The first-order valence-corrected chi connectivity index (χ1v) is 32.8. The summed E-state index contributed by atoms with van der Waals surface area (Å²) in [6.45, 7) is 6.90. The number of hydrogen-bond donors (Lipinski definition) is 1. The number of nitriles is 1. The van der Waals surface area contributed by atoms with Gasteiger partial charge in [-0.05, 0) is 168 Å². The minimum absolute atomic E-state index is 0.108. The summed E-state index contributed by atoms with van der Waals surface area (Å²) in [7, 11) is 0. The molecule has 12 rings (SSSR count). The van der Waals surface area contributed by atoms with Gasteiger partial charge in [0.1, 0.15) is 11.6 Å². The van der Waals surface area contributed by atoms with Crippen molar-refractivity contribution in [2.45, 2.75) is 104 Å². The normalized spacial score (nSPS) is 15.0. The molecule has 10 aromatic rings. The van der Waals surface area contributed by atoms with Gasteiger partial charge in [-0.1, -0.05) is 150 Å². The van der Waals surface area contributed by atoms with Crippen LogP contribution in [-0.4, -0.2) is 17.1 Å². The number of carboxylic acids is 1. The summed E-state index contributed by atoms with van der Waals surface area (Å²) in [6.07, 6.45) is 28.8. The Morgan fingerprint density at radius 1 is 0.630 bits per heavy atom. The van der Waals surface area contributed by atoms with Gasteiger partial charge in [0.2, 0.25) is 0 Å². The van der Waals surface area contributed by atoms with E-state index in [0.717, 1.165) is 75.6 Å². The van der Waals surface area contributed by atoms with Crippen molar-refractivity contribution in [2.24, 2.45) is 5.92 Å². The molecule has 10 heteroatoms. The number of rotatable bonds is 21. The molecule has 5 nitrogen and oxygen atoms in total. The van der Waals surface area contributed by atoms with Crippen molar-refractivity contribution in [1.29, 1.82) is 5.26 Å². The van der Waals surface area contributed by atoms with Crippen molar-refractivity contribution in [3.63, 3.8) is 0 Å². The van der Waals surface area contributed by atoms with Crippen LogP contribution in [-0.2, 0) is 24.1 Å². The van der Waals surface area contributed by atoms with Crippen LogP contribution < -0.4 is 9.80 Å². The molecule has 0 amide bonds. The third kappa shape index (κ3) is 11.7. The first-order valence-electron chi connectivity index (χ1n) is 28.7. The van der Waals surface area contributed by atoms with Gasteiger partial charge in [-0.2, -0.15) is 5.26 Å². The average Bonchev–Trinajstić information content (AvgIpc) is 4.49. The lowest BCUT2D eigenvalue weighted by Crippen LogP contribution is -2.30. The summed E-state index contributed by atoms with van der Waals surface area (Å²) < 4.78 is 4.77. The van der Waals surface area contributed by atoms with Crippen LogP contribution >= 0.6 is 56.7 Å². The number of para-hydroxylation sites is 1. The predicted octanol–water partition coefficient (Wildman–Crippen LogP) is 22.4. The maximum absolute atomic E-state index is 11.7. The highest BCUT2D eigenvalue weighted by Crippen LogP contribution is 2.52. The van der Waals surface area contributed by atoms with Crippen LogP contribution in [0.5, 0.6) is 0 Å². The highest BCUT2D eigenvalue weighted by molar-refractivity contribution is 7.40. The van der Waals surface area contributed by atoms with Gasteiger partial charge in [0.05, 0.1) is 15.4 Å². The molecule has 0 aliphatic heterocycles. The Kier molecular flexibility index (Phi) is 16.5. The topological polar surface area (TPSA) is 67.6 Å². The summed E-state index contributed by atoms with van der Waals surface area (Å²) in [4.78, 5) is 24.2. The third-order valence-electron chi connectivity index (χ3n) is 15.7. The van der Waals surface area contributed by atoms with E-state index in [1.54, 1.807) is 22.7 Å². The van der Waals surface area contributed by atoms with E-state index in [1.165, 1.54) is 123 Å². The number of thiophene rings is 5. The second kappa shape index (κ2) is 24.5. The molecular weight excluding hydrogens is 1090 g/mol. The maximum atomic E-state index is 11.7. The lowest BCUT2D eigenvalue weighted by atomic mass is 9.90. The molecule has 81 heavy (non-hydrogen) atoms. The van der Waals surface area contributed by atoms with Crippen molar-refractivity contribution >= 4 is 133 Å². The van der Waals surface area contributed by atoms with Crippen molar-refractivity contribution < 1.29 is 9.90 Å². The predicted molar refractivity (Wildman–Crippen MR) is 353 cm³/mol. The van der Waals surface area contributed by atoms with Crippen molar-refractivity contribution in [3.05, 3.63) is 197 Å². The molecule has 2 aliphatic carbocycles. The molecule has 5 heterocycles. The van der Waals surface area contributed by atoms with Crippen LogP contribution in [0.2, 0.25) is 0 Å². The number of hydrogen-bond acceptors (Lipinski definition) is 9. The largest absolute Gasteiger partial charge is 0.477 e. The summed E-state index contributed by atoms with van der Waals surface area (Å²) in [5.41, 5.74) is 12.2. The molecule has 0 saturated heterocycles. The Labute approximate surface area is 496 Å². The Bertz CT molecular complexity index is 4090. The molecule has 1 N–H and O–H groups in total.